The van der Waals surface area contributed by atoms with Gasteiger partial charge in [-0.3, -0.25) is 9.69 Å². The summed E-state index contributed by atoms with van der Waals surface area (Å²) in [5.74, 6) is -0.204. The number of carbonyl (C=O) groups excluding carboxylic acids is 2. The van der Waals surface area contributed by atoms with Crippen LogP contribution in [0, 0.1) is 0 Å². The minimum absolute atomic E-state index is 0.171. The van der Waals surface area contributed by atoms with E-state index in [1.807, 2.05) is 12.1 Å². The van der Waals surface area contributed by atoms with Crippen molar-refractivity contribution in [3.8, 4) is 5.75 Å². The molecule has 3 aromatic carbocycles. The molecule has 0 radical (unpaired) electrons. The molecular weight excluding hydrogens is 478 g/mol. The summed E-state index contributed by atoms with van der Waals surface area (Å²) >= 11 is 5.90. The number of hydrogen-bond acceptors (Lipinski definition) is 6. The highest BCUT2D eigenvalue weighted by Gasteiger charge is 2.22. The van der Waals surface area contributed by atoms with E-state index in [-0.39, 0.29) is 19.1 Å². The molecule has 1 saturated heterocycles. The van der Waals surface area contributed by atoms with Gasteiger partial charge in [-0.1, -0.05) is 41.9 Å². The Morgan fingerprint density at radius 2 is 1.67 bits per heavy atom. The highest BCUT2D eigenvalue weighted by molar-refractivity contribution is 6.30. The molecule has 36 heavy (non-hydrogen) atoms. The predicted octanol–water partition coefficient (Wildman–Crippen LogP) is 4.86. The van der Waals surface area contributed by atoms with Crippen molar-refractivity contribution < 1.29 is 19.1 Å². The third-order valence-corrected chi connectivity index (χ3v) is 6.18. The van der Waals surface area contributed by atoms with Crippen LogP contribution >= 0.6 is 11.6 Å². The van der Waals surface area contributed by atoms with Crippen molar-refractivity contribution in [1.29, 1.82) is 0 Å². The van der Waals surface area contributed by atoms with Crippen molar-refractivity contribution in [3.05, 3.63) is 88.9 Å². The summed E-state index contributed by atoms with van der Waals surface area (Å²) in [6.45, 7) is 6.16. The van der Waals surface area contributed by atoms with E-state index < -0.39 is 5.97 Å². The molecule has 0 saturated carbocycles. The van der Waals surface area contributed by atoms with Gasteiger partial charge < -0.3 is 19.7 Å². The lowest BCUT2D eigenvalue weighted by atomic mass is 10.1. The summed E-state index contributed by atoms with van der Waals surface area (Å²) in [4.78, 5) is 29.7. The van der Waals surface area contributed by atoms with Crippen LogP contribution in [0.25, 0.3) is 0 Å². The minimum atomic E-state index is -0.426. The van der Waals surface area contributed by atoms with Crippen LogP contribution in [-0.2, 0) is 16.1 Å². The molecule has 188 valence electrons. The summed E-state index contributed by atoms with van der Waals surface area (Å²) in [6, 6.07) is 22.5. The summed E-state index contributed by atoms with van der Waals surface area (Å²) in [5.41, 5.74) is 3.10. The van der Waals surface area contributed by atoms with Crippen molar-refractivity contribution in [1.82, 2.24) is 4.90 Å². The van der Waals surface area contributed by atoms with E-state index in [1.54, 1.807) is 43.3 Å². The van der Waals surface area contributed by atoms with Crippen LogP contribution in [0.2, 0.25) is 5.02 Å². The number of halogens is 1. The average Bonchev–Trinajstić information content (AvgIpc) is 2.90. The number of rotatable bonds is 9. The first-order valence-corrected chi connectivity index (χ1v) is 12.4. The molecule has 1 N–H and O–H groups in total. The van der Waals surface area contributed by atoms with Crippen LogP contribution in [0.5, 0.6) is 5.75 Å². The third kappa shape index (κ3) is 6.99. The molecule has 1 aliphatic heterocycles. The van der Waals surface area contributed by atoms with Gasteiger partial charge in [-0.25, -0.2) is 4.79 Å². The second-order valence-electron chi connectivity index (χ2n) is 8.49. The number of benzene rings is 3. The van der Waals surface area contributed by atoms with E-state index in [0.717, 1.165) is 38.4 Å². The number of esters is 1. The Kier molecular flexibility index (Phi) is 8.81. The standard InChI is InChI=1S/C28H30ClN3O4/c1-2-35-28(34)22-8-13-26(32-16-14-31(15-17-32)19-21-6-4-3-5-7-21)25(18-22)30-27(33)20-36-24-11-9-23(29)10-12-24/h3-13,18H,2,14-17,19-20H2,1H3,(H,30,33). The first-order valence-electron chi connectivity index (χ1n) is 12.0. The van der Waals surface area contributed by atoms with Gasteiger partial charge in [-0.05, 0) is 55.0 Å². The number of hydrogen-bond donors (Lipinski definition) is 1. The number of ether oxygens (including phenoxy) is 2. The molecule has 0 unspecified atom stereocenters. The fourth-order valence-electron chi connectivity index (χ4n) is 4.11. The van der Waals surface area contributed by atoms with Crippen LogP contribution < -0.4 is 15.0 Å². The van der Waals surface area contributed by atoms with Gasteiger partial charge in [0.2, 0.25) is 0 Å². The molecule has 0 bridgehead atoms. The van der Waals surface area contributed by atoms with Crippen molar-refractivity contribution in [2.75, 3.05) is 49.6 Å². The second kappa shape index (κ2) is 12.4. The lowest BCUT2D eigenvalue weighted by Crippen LogP contribution is -2.46. The zero-order valence-corrected chi connectivity index (χ0v) is 21.0. The molecule has 1 amide bonds. The molecule has 0 spiro atoms. The third-order valence-electron chi connectivity index (χ3n) is 5.93. The van der Waals surface area contributed by atoms with Crippen LogP contribution in [0.1, 0.15) is 22.8 Å². The Hall–Kier alpha value is -3.55. The van der Waals surface area contributed by atoms with Gasteiger partial charge in [0, 0.05) is 37.7 Å². The first-order chi connectivity index (χ1) is 17.5. The Morgan fingerprint density at radius 1 is 0.944 bits per heavy atom. The number of carbonyl (C=O) groups is 2. The maximum absolute atomic E-state index is 12.7. The Morgan fingerprint density at radius 3 is 2.36 bits per heavy atom. The highest BCUT2D eigenvalue weighted by Crippen LogP contribution is 2.29. The van der Waals surface area contributed by atoms with Gasteiger partial charge in [-0.15, -0.1) is 0 Å². The van der Waals surface area contributed by atoms with Gasteiger partial charge >= 0.3 is 5.97 Å². The van der Waals surface area contributed by atoms with E-state index in [9.17, 15) is 9.59 Å². The number of amides is 1. The zero-order valence-electron chi connectivity index (χ0n) is 20.3. The van der Waals surface area contributed by atoms with Gasteiger partial charge in [0.25, 0.3) is 5.91 Å². The fourth-order valence-corrected chi connectivity index (χ4v) is 4.23. The monoisotopic (exact) mass is 507 g/mol. The summed E-state index contributed by atoms with van der Waals surface area (Å²) in [7, 11) is 0. The fraction of sp³-hybridized carbons (Fsp3) is 0.286. The van der Waals surface area contributed by atoms with Crippen molar-refractivity contribution in [3.63, 3.8) is 0 Å². The minimum Gasteiger partial charge on any atom is -0.484 e. The molecule has 1 fully saturated rings. The van der Waals surface area contributed by atoms with E-state index >= 15 is 0 Å². The van der Waals surface area contributed by atoms with Crippen LogP contribution in [0.15, 0.2) is 72.8 Å². The normalized spacial score (nSPS) is 13.8. The molecule has 4 rings (SSSR count). The Bertz CT molecular complexity index is 1160. The molecule has 1 heterocycles. The van der Waals surface area contributed by atoms with Crippen LogP contribution in [-0.4, -0.2) is 56.2 Å². The molecule has 1 aliphatic rings. The van der Waals surface area contributed by atoms with Gasteiger partial charge in [0.05, 0.1) is 23.5 Å². The number of nitrogens with one attached hydrogen (secondary N) is 1. The van der Waals surface area contributed by atoms with Crippen molar-refractivity contribution >= 4 is 34.9 Å². The van der Waals surface area contributed by atoms with E-state index in [1.165, 1.54) is 5.56 Å². The smallest absolute Gasteiger partial charge is 0.338 e. The van der Waals surface area contributed by atoms with E-state index in [4.69, 9.17) is 21.1 Å². The SMILES string of the molecule is CCOC(=O)c1ccc(N2CCN(Cc3ccccc3)CC2)c(NC(=O)COc2ccc(Cl)cc2)c1. The summed E-state index contributed by atoms with van der Waals surface area (Å²) in [6.07, 6.45) is 0. The molecule has 3 aromatic rings. The first kappa shape index (κ1) is 25.5. The summed E-state index contributed by atoms with van der Waals surface area (Å²) in [5, 5.41) is 3.52. The highest BCUT2D eigenvalue weighted by atomic mass is 35.5. The molecular formula is C28H30ClN3O4. The van der Waals surface area contributed by atoms with Crippen LogP contribution in [0.3, 0.4) is 0 Å². The van der Waals surface area contributed by atoms with Crippen LogP contribution in [0.4, 0.5) is 11.4 Å². The zero-order chi connectivity index (χ0) is 25.3. The average molecular weight is 508 g/mol. The molecule has 8 heteroatoms. The largest absolute Gasteiger partial charge is 0.484 e. The topological polar surface area (TPSA) is 71.1 Å². The summed E-state index contributed by atoms with van der Waals surface area (Å²) < 4.78 is 10.7. The molecule has 7 nitrogen and oxygen atoms in total. The van der Waals surface area contributed by atoms with Crippen molar-refractivity contribution in [2.45, 2.75) is 13.5 Å². The quantitative estimate of drug-likeness (QED) is 0.417. The Balaban J connectivity index is 1.44. The lowest BCUT2D eigenvalue weighted by Gasteiger charge is -2.37. The maximum Gasteiger partial charge on any atom is 0.338 e. The van der Waals surface area contributed by atoms with Gasteiger partial charge in [0.1, 0.15) is 5.75 Å². The van der Waals surface area contributed by atoms with E-state index in [2.05, 4.69) is 39.4 Å². The number of piperazine rings is 1. The lowest BCUT2D eigenvalue weighted by molar-refractivity contribution is -0.118. The molecule has 0 aliphatic carbocycles. The van der Waals surface area contributed by atoms with Gasteiger partial charge in [-0.2, -0.15) is 0 Å². The predicted molar refractivity (Wildman–Crippen MR) is 142 cm³/mol. The van der Waals surface area contributed by atoms with E-state index in [0.29, 0.717) is 22.0 Å². The molecule has 0 aromatic heterocycles. The van der Waals surface area contributed by atoms with Gasteiger partial charge in [0.15, 0.2) is 6.61 Å². The number of anilines is 2. The number of nitrogens with zero attached hydrogens (tertiary/aromatic N) is 2. The molecule has 0 atom stereocenters. The maximum atomic E-state index is 12.7. The van der Waals surface area contributed by atoms with Crippen molar-refractivity contribution in [2.24, 2.45) is 0 Å². The second-order valence-corrected chi connectivity index (χ2v) is 8.93. The Labute approximate surface area is 216 Å².